The maximum atomic E-state index is 12.2. The summed E-state index contributed by atoms with van der Waals surface area (Å²) in [6.07, 6.45) is -19.4. The lowest BCUT2D eigenvalue weighted by Gasteiger charge is -2.45. The number of ether oxygens (including phenoxy) is 6. The molecule has 13 atom stereocenters. The molecule has 0 aromatic rings. The molecule has 0 radical (unpaired) electrons. The lowest BCUT2D eigenvalue weighted by molar-refractivity contribution is -0.352. The molecule has 204 valence electrons. The van der Waals surface area contributed by atoms with Gasteiger partial charge in [-0.15, -0.1) is 0 Å². The molecule has 3 fully saturated rings. The van der Waals surface area contributed by atoms with E-state index < -0.39 is 112 Å². The van der Waals surface area contributed by atoms with Crippen molar-refractivity contribution in [2.75, 3.05) is 26.9 Å². The summed E-state index contributed by atoms with van der Waals surface area (Å²) in [5.41, 5.74) is 0. The lowest BCUT2D eigenvalue weighted by Crippen LogP contribution is -2.64. The van der Waals surface area contributed by atoms with E-state index in [0.29, 0.717) is 0 Å². The van der Waals surface area contributed by atoms with Crippen LogP contribution in [0.15, 0.2) is 0 Å². The second-order valence-corrected chi connectivity index (χ2v) is 8.50. The second-order valence-electron chi connectivity index (χ2n) is 8.50. The molecule has 9 N–H and O–H groups in total. The van der Waals surface area contributed by atoms with Crippen LogP contribution in [0.2, 0.25) is 0 Å². The summed E-state index contributed by atoms with van der Waals surface area (Å²) in [6.45, 7) is -2.27. The van der Waals surface area contributed by atoms with Crippen LogP contribution >= 0.6 is 0 Å². The molecule has 0 saturated carbocycles. The smallest absolute Gasteiger partial charge is 0.364 e. The van der Waals surface area contributed by atoms with E-state index in [9.17, 15) is 50.8 Å². The van der Waals surface area contributed by atoms with E-state index in [0.717, 1.165) is 0 Å². The van der Waals surface area contributed by atoms with Gasteiger partial charge in [0.1, 0.15) is 54.9 Å². The van der Waals surface area contributed by atoms with Crippen molar-refractivity contribution in [3.63, 3.8) is 0 Å². The highest BCUT2D eigenvalue weighted by atomic mass is 16.8. The van der Waals surface area contributed by atoms with E-state index in [1.807, 2.05) is 0 Å². The van der Waals surface area contributed by atoms with Crippen molar-refractivity contribution in [1.82, 2.24) is 0 Å². The molecule has 0 aliphatic carbocycles. The Labute approximate surface area is 198 Å². The Kier molecular flexibility index (Phi) is 9.38. The highest BCUT2D eigenvalue weighted by Gasteiger charge is 2.59. The van der Waals surface area contributed by atoms with E-state index >= 15 is 0 Å². The van der Waals surface area contributed by atoms with Crippen LogP contribution in [0.5, 0.6) is 0 Å². The molecule has 3 aliphatic rings. The normalized spacial score (nSPS) is 47.2. The fourth-order valence-electron chi connectivity index (χ4n) is 4.28. The standard InChI is InChI=1S/C19H32O16/c1-30-16-14(11(26)8(4-21)31-16)33-17-15(12(27)9(5-22)32-17)35-19(18(28)29)2-6(23)10(25)13(34-19)7(24)3-20/h6-17,20-27H,2-5H2,1H3,(H,28,29)/t6-,7+,8+,9+,10+,11-,12-,13+,14-,15+,16+,17-,19-/m0/s1. The Balaban J connectivity index is 1.88. The minimum Gasteiger partial charge on any atom is -0.477 e. The van der Waals surface area contributed by atoms with Gasteiger partial charge in [-0.1, -0.05) is 0 Å². The first kappa shape index (κ1) is 28.5. The van der Waals surface area contributed by atoms with E-state index in [-0.39, 0.29) is 0 Å². The third kappa shape index (κ3) is 5.46. The zero-order valence-corrected chi connectivity index (χ0v) is 18.6. The van der Waals surface area contributed by atoms with E-state index in [4.69, 9.17) is 28.4 Å². The Bertz CT molecular complexity index is 708. The number of carbonyl (C=O) groups is 1. The van der Waals surface area contributed by atoms with E-state index in [2.05, 4.69) is 0 Å². The molecule has 0 aromatic heterocycles. The average molecular weight is 516 g/mol. The summed E-state index contributed by atoms with van der Waals surface area (Å²) in [6, 6.07) is 0. The number of hydrogen-bond donors (Lipinski definition) is 9. The molecule has 16 nitrogen and oxygen atoms in total. The Morgan fingerprint density at radius 1 is 0.971 bits per heavy atom. The maximum absolute atomic E-state index is 12.2. The fourth-order valence-corrected chi connectivity index (χ4v) is 4.28. The summed E-state index contributed by atoms with van der Waals surface area (Å²) in [5, 5.41) is 89.4. The van der Waals surface area contributed by atoms with Gasteiger partial charge in [-0.3, -0.25) is 0 Å². The van der Waals surface area contributed by atoms with Gasteiger partial charge in [0.2, 0.25) is 0 Å². The summed E-state index contributed by atoms with van der Waals surface area (Å²) >= 11 is 0. The molecule has 3 saturated heterocycles. The molecule has 3 heterocycles. The largest absolute Gasteiger partial charge is 0.477 e. The quantitative estimate of drug-likeness (QED) is 0.131. The van der Waals surface area contributed by atoms with Gasteiger partial charge < -0.3 is 74.4 Å². The Hall–Kier alpha value is -1.09. The maximum Gasteiger partial charge on any atom is 0.364 e. The predicted molar refractivity (Wildman–Crippen MR) is 105 cm³/mol. The van der Waals surface area contributed by atoms with Crippen LogP contribution in [-0.2, 0) is 33.2 Å². The van der Waals surface area contributed by atoms with Crippen molar-refractivity contribution in [1.29, 1.82) is 0 Å². The third-order valence-electron chi connectivity index (χ3n) is 6.23. The van der Waals surface area contributed by atoms with Gasteiger partial charge in [0.15, 0.2) is 12.6 Å². The van der Waals surface area contributed by atoms with Crippen molar-refractivity contribution in [2.24, 2.45) is 0 Å². The third-order valence-corrected chi connectivity index (χ3v) is 6.23. The van der Waals surface area contributed by atoms with Crippen LogP contribution in [0.1, 0.15) is 6.42 Å². The fraction of sp³-hybridized carbons (Fsp3) is 0.947. The van der Waals surface area contributed by atoms with Crippen LogP contribution in [0.25, 0.3) is 0 Å². The minimum absolute atomic E-state index is 0.584. The van der Waals surface area contributed by atoms with Gasteiger partial charge in [-0.05, 0) is 0 Å². The van der Waals surface area contributed by atoms with E-state index in [1.165, 1.54) is 7.11 Å². The first-order valence-electron chi connectivity index (χ1n) is 10.8. The van der Waals surface area contributed by atoms with Crippen LogP contribution in [0, 0.1) is 0 Å². The SMILES string of the molecule is CO[C@@H]1O[C@H](CO)[C@H](O)[C@@H]1O[C@@H]1O[C@H](CO)[C@H](O)[C@H]1O[C@]1(C(=O)O)C[C@H](O)[C@@H](O)[C@@H]([C@H](O)CO)O1. The number of hydrogen-bond acceptors (Lipinski definition) is 15. The molecule has 0 unspecified atom stereocenters. The molecule has 35 heavy (non-hydrogen) atoms. The second kappa shape index (κ2) is 11.5. The molecule has 3 aliphatic heterocycles. The van der Waals surface area contributed by atoms with Crippen molar-refractivity contribution in [2.45, 2.75) is 85.8 Å². The van der Waals surface area contributed by atoms with Crippen LogP contribution in [0.3, 0.4) is 0 Å². The van der Waals surface area contributed by atoms with Gasteiger partial charge in [0.25, 0.3) is 5.79 Å². The number of rotatable bonds is 10. The summed E-state index contributed by atoms with van der Waals surface area (Å²) in [5.74, 6) is -4.57. The van der Waals surface area contributed by atoms with Gasteiger partial charge >= 0.3 is 5.97 Å². The highest BCUT2D eigenvalue weighted by molar-refractivity contribution is 5.76. The summed E-state index contributed by atoms with van der Waals surface area (Å²) in [7, 11) is 1.23. The predicted octanol–water partition coefficient (Wildman–Crippen LogP) is -5.80. The highest BCUT2D eigenvalue weighted by Crippen LogP contribution is 2.38. The zero-order valence-electron chi connectivity index (χ0n) is 18.6. The van der Waals surface area contributed by atoms with Crippen LogP contribution in [0.4, 0.5) is 0 Å². The lowest BCUT2D eigenvalue weighted by atomic mass is 9.92. The van der Waals surface area contributed by atoms with Gasteiger partial charge in [-0.2, -0.15) is 0 Å². The first-order chi connectivity index (χ1) is 16.5. The van der Waals surface area contributed by atoms with Gasteiger partial charge in [0, 0.05) is 13.5 Å². The molecule has 0 bridgehead atoms. The van der Waals surface area contributed by atoms with Crippen molar-refractivity contribution < 1.29 is 79.2 Å². The Morgan fingerprint density at radius 2 is 1.54 bits per heavy atom. The summed E-state index contributed by atoms with van der Waals surface area (Å²) in [4.78, 5) is 12.2. The number of methoxy groups -OCH3 is 1. The van der Waals surface area contributed by atoms with Crippen LogP contribution in [-0.4, -0.2) is 158 Å². The van der Waals surface area contributed by atoms with E-state index in [1.54, 1.807) is 0 Å². The molecule has 0 aromatic carbocycles. The number of aliphatic carboxylic acids is 1. The van der Waals surface area contributed by atoms with Crippen molar-refractivity contribution >= 4 is 5.97 Å². The topological polar surface area (TPSA) is 255 Å². The molecule has 0 amide bonds. The molecule has 0 spiro atoms. The Morgan fingerprint density at radius 3 is 2.06 bits per heavy atom. The molecule has 3 rings (SSSR count). The monoisotopic (exact) mass is 516 g/mol. The minimum atomic E-state index is -2.76. The summed E-state index contributed by atoms with van der Waals surface area (Å²) < 4.78 is 32.4. The number of aliphatic hydroxyl groups is 8. The van der Waals surface area contributed by atoms with Crippen molar-refractivity contribution in [3.05, 3.63) is 0 Å². The number of carboxylic acid groups (broad SMARTS) is 1. The van der Waals surface area contributed by atoms with Gasteiger partial charge in [-0.25, -0.2) is 4.79 Å². The zero-order chi connectivity index (χ0) is 26.1. The molecular weight excluding hydrogens is 484 g/mol. The van der Waals surface area contributed by atoms with Gasteiger partial charge in [0.05, 0.1) is 25.9 Å². The molecule has 16 heteroatoms. The number of aliphatic hydroxyl groups excluding tert-OH is 8. The average Bonchev–Trinajstić information content (AvgIpc) is 3.31. The molecular formula is C19H32O16. The van der Waals surface area contributed by atoms with Crippen LogP contribution < -0.4 is 0 Å². The van der Waals surface area contributed by atoms with Crippen molar-refractivity contribution in [3.8, 4) is 0 Å². The number of carboxylic acids is 1. The first-order valence-corrected chi connectivity index (χ1v) is 10.8.